The van der Waals surface area contributed by atoms with E-state index in [4.69, 9.17) is 47.4 Å². The molecule has 16 nitrogen and oxygen atoms in total. The van der Waals surface area contributed by atoms with Gasteiger partial charge >= 0.3 is 17.9 Å². The maximum atomic E-state index is 14.4. The second-order valence-electron chi connectivity index (χ2n) is 15.4. The third-order valence-electron chi connectivity index (χ3n) is 10.9. The molecule has 16 heteroatoms. The molecule has 0 unspecified atom stereocenters. The van der Waals surface area contributed by atoms with Gasteiger partial charge in [0.2, 0.25) is 0 Å². The normalized spacial score (nSPS) is 26.5. The molecule has 64 heavy (non-hydrogen) atoms. The predicted octanol–water partition coefficient (Wildman–Crippen LogP) is 4.95. The number of fused-ring (bicyclic) bond motifs is 1. The molecule has 2 amide bonds. The van der Waals surface area contributed by atoms with Gasteiger partial charge in [0, 0.05) is 27.9 Å². The smallest absolute Gasteiger partial charge is 0.303 e. The minimum atomic E-state index is -1.69. The average Bonchev–Trinajstić information content (AvgIpc) is 3.54. The van der Waals surface area contributed by atoms with E-state index in [0.29, 0.717) is 0 Å². The summed E-state index contributed by atoms with van der Waals surface area (Å²) in [5, 5.41) is 0. The maximum absolute atomic E-state index is 14.4. The van der Waals surface area contributed by atoms with Gasteiger partial charge in [-0.1, -0.05) is 103 Å². The number of nitrogens with zero attached hydrogens (tertiary/aromatic N) is 1. The molecule has 0 saturated carbocycles. The quantitative estimate of drug-likeness (QED) is 0.0744. The molecule has 3 aliphatic heterocycles. The second-order valence-corrected chi connectivity index (χ2v) is 15.4. The zero-order valence-corrected chi connectivity index (χ0v) is 35.8. The average molecular weight is 882 g/mol. The van der Waals surface area contributed by atoms with Crippen molar-refractivity contribution in [1.82, 2.24) is 4.90 Å². The molecule has 10 atom stereocenters. The lowest BCUT2D eigenvalue weighted by atomic mass is 9.93. The number of carbonyl (C=O) groups excluding carboxylic acids is 5. The van der Waals surface area contributed by atoms with Crippen molar-refractivity contribution >= 4 is 29.7 Å². The predicted molar refractivity (Wildman–Crippen MR) is 224 cm³/mol. The topological polar surface area (TPSA) is 181 Å². The summed E-state index contributed by atoms with van der Waals surface area (Å²) in [6.07, 6.45) is -11.5. The summed E-state index contributed by atoms with van der Waals surface area (Å²) >= 11 is 0. The number of hydrogen-bond donors (Lipinski definition) is 0. The number of imide groups is 1. The van der Waals surface area contributed by atoms with Crippen LogP contribution in [0, 0.1) is 0 Å². The number of carbonyl (C=O) groups is 5. The summed E-state index contributed by atoms with van der Waals surface area (Å²) in [7, 11) is 1.47. The Morgan fingerprint density at radius 1 is 0.531 bits per heavy atom. The van der Waals surface area contributed by atoms with Gasteiger partial charge in [0.15, 0.2) is 24.8 Å². The van der Waals surface area contributed by atoms with Gasteiger partial charge in [-0.2, -0.15) is 0 Å². The number of amides is 2. The lowest BCUT2D eigenvalue weighted by Crippen LogP contribution is -2.70. The van der Waals surface area contributed by atoms with E-state index in [9.17, 15) is 24.0 Å². The first-order valence-electron chi connectivity index (χ1n) is 20.9. The van der Waals surface area contributed by atoms with Crippen molar-refractivity contribution in [1.29, 1.82) is 0 Å². The third kappa shape index (κ3) is 11.1. The van der Waals surface area contributed by atoms with E-state index in [-0.39, 0.29) is 37.6 Å². The van der Waals surface area contributed by atoms with Crippen molar-refractivity contribution < 1.29 is 71.3 Å². The first-order valence-corrected chi connectivity index (χ1v) is 20.9. The van der Waals surface area contributed by atoms with E-state index in [1.165, 1.54) is 26.2 Å². The monoisotopic (exact) mass is 881 g/mol. The number of benzene rings is 4. The highest BCUT2D eigenvalue weighted by Gasteiger charge is 2.59. The van der Waals surface area contributed by atoms with Gasteiger partial charge in [-0.05, 0) is 28.8 Å². The molecule has 2 fully saturated rings. The fraction of sp³-hybridized carbons (Fsp3) is 0.396. The Morgan fingerprint density at radius 2 is 1.00 bits per heavy atom. The van der Waals surface area contributed by atoms with Crippen molar-refractivity contribution in [2.24, 2.45) is 0 Å². The van der Waals surface area contributed by atoms with Gasteiger partial charge in [0.05, 0.1) is 37.6 Å². The minimum absolute atomic E-state index is 0.0671. The molecule has 4 aromatic rings. The van der Waals surface area contributed by atoms with Crippen LogP contribution in [0.4, 0.5) is 0 Å². The van der Waals surface area contributed by atoms with Gasteiger partial charge in [0.1, 0.15) is 43.2 Å². The van der Waals surface area contributed by atoms with Crippen molar-refractivity contribution in [3.63, 3.8) is 0 Å². The summed E-state index contributed by atoms with van der Waals surface area (Å²) in [4.78, 5) is 67.6. The highest BCUT2D eigenvalue weighted by Crippen LogP contribution is 2.39. The van der Waals surface area contributed by atoms with Crippen LogP contribution in [0.15, 0.2) is 115 Å². The second kappa shape index (κ2) is 21.7. The zero-order chi connectivity index (χ0) is 45.2. The number of ether oxygens (including phenoxy) is 10. The van der Waals surface area contributed by atoms with Crippen LogP contribution in [0.1, 0.15) is 58.2 Å². The molecular formula is C48H51NO15. The van der Waals surface area contributed by atoms with E-state index < -0.39 is 97.7 Å². The lowest BCUT2D eigenvalue weighted by Gasteiger charge is -2.50. The van der Waals surface area contributed by atoms with Crippen LogP contribution in [0.5, 0.6) is 0 Å². The number of hydrogen-bond acceptors (Lipinski definition) is 15. The van der Waals surface area contributed by atoms with Gasteiger partial charge in [-0.15, -0.1) is 0 Å². The van der Waals surface area contributed by atoms with E-state index in [1.54, 1.807) is 12.1 Å². The standard InChI is InChI=1S/C48H51NO15/c1-29(50)57-28-38-40(60-30(2)51)42(61-31(3)52)39(49-45(53)35-22-14-15-23-36(35)46(49)54)47(62-38)64-41-37(27-56-24-32-16-8-5-9-17-32)63-48(55-4)44(59-26-34-20-12-7-13-21-34)43(41)58-25-33-18-10-6-11-19-33/h5-23,37-44,47-48H,24-28H2,1-4H3/t37-,38-,39-,40-,41-,42-,43+,44-,47+,48+/m1/s1. The number of rotatable bonds is 18. The fourth-order valence-electron chi connectivity index (χ4n) is 8.04. The van der Waals surface area contributed by atoms with Crippen molar-refractivity contribution in [2.75, 3.05) is 20.3 Å². The summed E-state index contributed by atoms with van der Waals surface area (Å²) in [5.74, 6) is -3.84. The summed E-state index contributed by atoms with van der Waals surface area (Å²) in [6, 6.07) is 32.9. The molecule has 0 radical (unpaired) electrons. The maximum Gasteiger partial charge on any atom is 0.303 e. The first-order chi connectivity index (χ1) is 31.0. The van der Waals surface area contributed by atoms with Gasteiger partial charge in [-0.3, -0.25) is 28.9 Å². The molecule has 0 bridgehead atoms. The molecule has 3 heterocycles. The van der Waals surface area contributed by atoms with Gasteiger partial charge < -0.3 is 47.4 Å². The lowest BCUT2D eigenvalue weighted by molar-refractivity contribution is -0.359. The van der Waals surface area contributed by atoms with Crippen molar-refractivity contribution in [3.8, 4) is 0 Å². The molecule has 7 rings (SSSR count). The molecule has 4 aromatic carbocycles. The van der Waals surface area contributed by atoms with Crippen molar-refractivity contribution in [3.05, 3.63) is 143 Å². The van der Waals surface area contributed by atoms with Crippen LogP contribution >= 0.6 is 0 Å². The Bertz CT molecular complexity index is 2170. The fourth-order valence-corrected chi connectivity index (χ4v) is 8.04. The highest BCUT2D eigenvalue weighted by atomic mass is 16.8. The summed E-state index contributed by atoms with van der Waals surface area (Å²) in [6.45, 7) is 3.20. The molecule has 0 spiro atoms. The van der Waals surface area contributed by atoms with E-state index in [1.807, 2.05) is 91.0 Å². The molecular weight excluding hydrogens is 831 g/mol. The van der Waals surface area contributed by atoms with Gasteiger partial charge in [-0.25, -0.2) is 0 Å². The van der Waals surface area contributed by atoms with Crippen LogP contribution in [-0.2, 0) is 81.6 Å². The highest BCUT2D eigenvalue weighted by molar-refractivity contribution is 6.21. The number of methoxy groups -OCH3 is 1. The Morgan fingerprint density at radius 3 is 1.52 bits per heavy atom. The van der Waals surface area contributed by atoms with Crippen LogP contribution in [-0.4, -0.2) is 116 Å². The zero-order valence-electron chi connectivity index (χ0n) is 35.8. The summed E-state index contributed by atoms with van der Waals surface area (Å²) < 4.78 is 62.9. The van der Waals surface area contributed by atoms with E-state index in [0.717, 1.165) is 35.4 Å². The third-order valence-corrected chi connectivity index (χ3v) is 10.9. The Balaban J connectivity index is 1.34. The largest absolute Gasteiger partial charge is 0.463 e. The Kier molecular flexibility index (Phi) is 15.6. The molecule has 0 aromatic heterocycles. The molecule has 3 aliphatic rings. The molecule has 0 N–H and O–H groups in total. The molecule has 338 valence electrons. The Labute approximate surface area is 370 Å². The molecule has 2 saturated heterocycles. The summed E-state index contributed by atoms with van der Waals surface area (Å²) in [5.41, 5.74) is 2.71. The van der Waals surface area contributed by atoms with E-state index in [2.05, 4.69) is 0 Å². The van der Waals surface area contributed by atoms with Crippen LogP contribution < -0.4 is 0 Å². The number of esters is 3. The Hall–Kier alpha value is -5.85. The van der Waals surface area contributed by atoms with E-state index >= 15 is 0 Å². The SMILES string of the molecule is CO[C@H]1O[C@H](COCc2ccccc2)[C@@H](O[C@@H]2O[C@H](COC(C)=O)[C@@H](OC(C)=O)[C@H](OC(C)=O)[C@H]2N2C(=O)c3ccccc3C2=O)[C@H](OCc2ccccc2)[C@H]1OCc1ccccc1. The van der Waals surface area contributed by atoms with Crippen molar-refractivity contribution in [2.45, 2.75) is 102 Å². The minimum Gasteiger partial charge on any atom is -0.463 e. The van der Waals surface area contributed by atoms with Crippen LogP contribution in [0.2, 0.25) is 0 Å². The van der Waals surface area contributed by atoms with Gasteiger partial charge in [0.25, 0.3) is 11.8 Å². The first kappa shape index (κ1) is 46.2. The van der Waals surface area contributed by atoms with Crippen LogP contribution in [0.3, 0.4) is 0 Å². The molecule has 0 aliphatic carbocycles. The van der Waals surface area contributed by atoms with Crippen LogP contribution in [0.25, 0.3) is 0 Å².